The van der Waals surface area contributed by atoms with E-state index in [9.17, 15) is 10.2 Å². The van der Waals surface area contributed by atoms with Crippen molar-refractivity contribution < 1.29 is 19.7 Å². The van der Waals surface area contributed by atoms with Crippen molar-refractivity contribution in [2.75, 3.05) is 18.1 Å². The first kappa shape index (κ1) is 35.2. The molecule has 2 atom stereocenters. The van der Waals surface area contributed by atoms with Gasteiger partial charge in [0.2, 0.25) is 0 Å². The van der Waals surface area contributed by atoms with Crippen LogP contribution in [-0.2, 0) is 0 Å². The van der Waals surface area contributed by atoms with E-state index in [-0.39, 0.29) is 36.7 Å². The minimum absolute atomic E-state index is 0.0661. The number of fused-ring (bicyclic) bond motifs is 6. The number of anilines is 2. The highest BCUT2D eigenvalue weighted by molar-refractivity contribution is 6.09. The number of hydrogen-bond donors (Lipinski definition) is 2. The fraction of sp³-hybridized carbons (Fsp3) is 0.115. The summed E-state index contributed by atoms with van der Waals surface area (Å²) < 4.78 is 15.0. The Labute approximate surface area is 337 Å². The summed E-state index contributed by atoms with van der Waals surface area (Å²) in [6.07, 6.45) is 8.65. The van der Waals surface area contributed by atoms with E-state index in [0.717, 1.165) is 55.4 Å². The fourth-order valence-electron chi connectivity index (χ4n) is 8.97. The standard InChI is InChI=1S/C52H42N2O4/c1-33-29-41(51(55)47(31-33)53-43-21-9-3-15-35(43)36-16-4-10-22-44(36)53)39-19-7-13-25-49(39)57-27-28-58-50-26-14-8-20-40(50)42-30-34(2)32-48(52(42)56)54-45-23-11-5-17-37(45)38-18-6-12-24-46(38)54/h3-26,29-32,35,43,55-56H,27-28H2,1-2H3. The second-order valence-electron chi connectivity index (χ2n) is 15.1. The summed E-state index contributed by atoms with van der Waals surface area (Å²) in [5.41, 5.74) is 10.9. The molecule has 0 fully saturated rings. The Morgan fingerprint density at radius 1 is 0.500 bits per heavy atom. The maximum Gasteiger partial charge on any atom is 0.147 e. The molecule has 10 rings (SSSR count). The molecule has 0 bridgehead atoms. The quantitative estimate of drug-likeness (QED) is 0.144. The normalized spacial score (nSPS) is 15.5. The van der Waals surface area contributed by atoms with Gasteiger partial charge in [0.1, 0.15) is 36.2 Å². The Morgan fingerprint density at radius 2 is 1.00 bits per heavy atom. The molecule has 1 aliphatic heterocycles. The van der Waals surface area contributed by atoms with Crippen LogP contribution in [0, 0.1) is 13.8 Å². The smallest absolute Gasteiger partial charge is 0.147 e. The monoisotopic (exact) mass is 758 g/mol. The number of aryl methyl sites for hydroxylation is 2. The van der Waals surface area contributed by atoms with E-state index in [1.54, 1.807) is 0 Å². The molecule has 2 aliphatic rings. The number of phenols is 2. The summed E-state index contributed by atoms with van der Waals surface area (Å²) in [5.74, 6) is 1.90. The minimum atomic E-state index is 0.0661. The van der Waals surface area contributed by atoms with E-state index >= 15 is 0 Å². The molecule has 6 nitrogen and oxygen atoms in total. The molecule has 58 heavy (non-hydrogen) atoms. The van der Waals surface area contributed by atoms with Gasteiger partial charge in [-0.2, -0.15) is 0 Å². The zero-order valence-corrected chi connectivity index (χ0v) is 32.3. The largest absolute Gasteiger partial charge is 0.505 e. The highest BCUT2D eigenvalue weighted by atomic mass is 16.5. The number of aromatic hydroxyl groups is 2. The predicted molar refractivity (Wildman–Crippen MR) is 235 cm³/mol. The third-order valence-corrected chi connectivity index (χ3v) is 11.5. The molecule has 2 heterocycles. The molecule has 1 aliphatic carbocycles. The molecule has 2 N–H and O–H groups in total. The molecule has 0 amide bonds. The molecular formula is C52H42N2O4. The van der Waals surface area contributed by atoms with Crippen molar-refractivity contribution in [2.45, 2.75) is 25.8 Å². The Kier molecular flexibility index (Phi) is 8.75. The molecule has 8 aromatic rings. The van der Waals surface area contributed by atoms with Crippen LogP contribution in [0.3, 0.4) is 0 Å². The van der Waals surface area contributed by atoms with Gasteiger partial charge in [-0.1, -0.05) is 115 Å². The topological polar surface area (TPSA) is 67.1 Å². The van der Waals surface area contributed by atoms with Gasteiger partial charge >= 0.3 is 0 Å². The van der Waals surface area contributed by atoms with Crippen LogP contribution in [0.2, 0.25) is 0 Å². The van der Waals surface area contributed by atoms with E-state index in [0.29, 0.717) is 28.3 Å². The van der Waals surface area contributed by atoms with Crippen molar-refractivity contribution in [1.29, 1.82) is 0 Å². The molecule has 0 saturated heterocycles. The number of ether oxygens (including phenoxy) is 2. The second-order valence-corrected chi connectivity index (χ2v) is 15.1. The number of rotatable bonds is 9. The van der Waals surface area contributed by atoms with Gasteiger partial charge in [-0.05, 0) is 85.1 Å². The lowest BCUT2D eigenvalue weighted by Crippen LogP contribution is -2.28. The average Bonchev–Trinajstić information content (AvgIpc) is 3.77. The lowest BCUT2D eigenvalue weighted by molar-refractivity contribution is 0.218. The number of allylic oxidation sites excluding steroid dienone is 2. The zero-order chi connectivity index (χ0) is 39.3. The summed E-state index contributed by atoms with van der Waals surface area (Å²) >= 11 is 0. The van der Waals surface area contributed by atoms with E-state index in [1.165, 1.54) is 5.56 Å². The Balaban J connectivity index is 0.926. The van der Waals surface area contributed by atoms with Crippen LogP contribution in [-0.4, -0.2) is 34.0 Å². The number of nitrogens with zero attached hydrogens (tertiary/aromatic N) is 2. The first-order chi connectivity index (χ1) is 28.5. The van der Waals surface area contributed by atoms with E-state index in [2.05, 4.69) is 102 Å². The Hall–Kier alpha value is -7.18. The van der Waals surface area contributed by atoms with E-state index in [4.69, 9.17) is 9.47 Å². The molecule has 1 aromatic heterocycles. The Morgan fingerprint density at radius 3 is 1.64 bits per heavy atom. The number of aromatic nitrogens is 1. The zero-order valence-electron chi connectivity index (χ0n) is 32.3. The molecule has 2 unspecified atom stereocenters. The minimum Gasteiger partial charge on any atom is -0.505 e. The van der Waals surface area contributed by atoms with Gasteiger partial charge in [0.15, 0.2) is 0 Å². The molecule has 7 aromatic carbocycles. The second kappa shape index (κ2) is 14.4. The highest BCUT2D eigenvalue weighted by Crippen LogP contribution is 2.52. The van der Waals surface area contributed by atoms with Crippen molar-refractivity contribution in [3.63, 3.8) is 0 Å². The van der Waals surface area contributed by atoms with Crippen LogP contribution in [0.25, 0.3) is 49.7 Å². The average molecular weight is 759 g/mol. The number of para-hydroxylation sites is 5. The van der Waals surface area contributed by atoms with Gasteiger partial charge in [-0.25, -0.2) is 0 Å². The molecule has 0 saturated carbocycles. The maximum atomic E-state index is 12.1. The first-order valence-corrected chi connectivity index (χ1v) is 19.8. The number of hydrogen-bond acceptors (Lipinski definition) is 5. The summed E-state index contributed by atoms with van der Waals surface area (Å²) in [6, 6.07) is 48.9. The molecule has 0 spiro atoms. The first-order valence-electron chi connectivity index (χ1n) is 19.8. The molecular weight excluding hydrogens is 717 g/mol. The van der Waals surface area contributed by atoms with Crippen LogP contribution in [0.5, 0.6) is 23.0 Å². The summed E-state index contributed by atoms with van der Waals surface area (Å²) in [4.78, 5) is 2.26. The van der Waals surface area contributed by atoms with Gasteiger partial charge in [-0.15, -0.1) is 0 Å². The van der Waals surface area contributed by atoms with E-state index in [1.807, 2.05) is 91.0 Å². The lowest BCUT2D eigenvalue weighted by Gasteiger charge is -2.30. The van der Waals surface area contributed by atoms with Crippen molar-refractivity contribution in [2.24, 2.45) is 0 Å². The van der Waals surface area contributed by atoms with Crippen LogP contribution in [0.4, 0.5) is 11.4 Å². The van der Waals surface area contributed by atoms with Crippen LogP contribution >= 0.6 is 0 Å². The van der Waals surface area contributed by atoms with Crippen molar-refractivity contribution in [1.82, 2.24) is 4.57 Å². The fourth-order valence-corrected chi connectivity index (χ4v) is 8.97. The van der Waals surface area contributed by atoms with Gasteiger partial charge in [-0.3, -0.25) is 0 Å². The predicted octanol–water partition coefficient (Wildman–Crippen LogP) is 12.3. The van der Waals surface area contributed by atoms with Gasteiger partial charge in [0.05, 0.1) is 28.5 Å². The third kappa shape index (κ3) is 5.88. The summed E-state index contributed by atoms with van der Waals surface area (Å²) in [6.45, 7) is 4.64. The highest BCUT2D eigenvalue weighted by Gasteiger charge is 2.38. The van der Waals surface area contributed by atoms with Gasteiger partial charge in [0.25, 0.3) is 0 Å². The van der Waals surface area contributed by atoms with E-state index < -0.39 is 0 Å². The van der Waals surface area contributed by atoms with Gasteiger partial charge in [0, 0.05) is 44.6 Å². The van der Waals surface area contributed by atoms with Crippen molar-refractivity contribution in [3.8, 4) is 50.9 Å². The van der Waals surface area contributed by atoms with Crippen LogP contribution in [0.15, 0.2) is 170 Å². The number of phenolic OH excluding ortho intramolecular Hbond substituents is 2. The maximum absolute atomic E-state index is 12.1. The van der Waals surface area contributed by atoms with Crippen LogP contribution < -0.4 is 14.4 Å². The van der Waals surface area contributed by atoms with Crippen molar-refractivity contribution in [3.05, 3.63) is 187 Å². The Bertz CT molecular complexity index is 2890. The number of benzene rings is 7. The van der Waals surface area contributed by atoms with Crippen molar-refractivity contribution >= 4 is 33.2 Å². The third-order valence-electron chi connectivity index (χ3n) is 11.5. The van der Waals surface area contributed by atoms with Crippen LogP contribution in [0.1, 0.15) is 22.6 Å². The lowest BCUT2D eigenvalue weighted by atomic mass is 9.91. The summed E-state index contributed by atoms with van der Waals surface area (Å²) in [7, 11) is 0. The molecule has 284 valence electrons. The summed E-state index contributed by atoms with van der Waals surface area (Å²) in [5, 5.41) is 26.4. The molecule has 0 radical (unpaired) electrons. The van der Waals surface area contributed by atoms with Gasteiger partial charge < -0.3 is 29.2 Å². The molecule has 6 heteroatoms. The SMILES string of the molecule is Cc1cc(-c2ccccc2OCCOc2ccccc2-c2cc(C)cc(-n3c4ccccc4c4ccccc43)c2O)c(O)c(N2c3ccccc3C3C=CC=CC32)c1.